The van der Waals surface area contributed by atoms with Gasteiger partial charge in [0.15, 0.2) is 12.7 Å². The molecule has 3 heteroatoms. The maximum atomic E-state index is 9.64. The normalized spacial score (nSPS) is 10.2. The van der Waals surface area contributed by atoms with Gasteiger partial charge in [-0.1, -0.05) is 30.3 Å². The Morgan fingerprint density at radius 3 is 2.53 bits per heavy atom. The Labute approximate surface area is 96.9 Å². The van der Waals surface area contributed by atoms with Gasteiger partial charge >= 0.3 is 5.88 Å². The molecule has 1 N–H and O–H groups in total. The number of aromatic hydroxyl groups is 1. The predicted molar refractivity (Wildman–Crippen MR) is 61.5 cm³/mol. The first-order chi connectivity index (χ1) is 7.25. The Hall–Kier alpha value is -1.35. The Bertz CT molecular complexity index is 456. The monoisotopic (exact) mass is 264 g/mol. The minimum absolute atomic E-state index is 0.266. The van der Waals surface area contributed by atoms with Crippen molar-refractivity contribution in [3.05, 3.63) is 58.7 Å². The number of hydrogen-bond acceptors (Lipinski definition) is 1. The van der Waals surface area contributed by atoms with Crippen molar-refractivity contribution < 1.29 is 9.67 Å². The van der Waals surface area contributed by atoms with Gasteiger partial charge in [0.05, 0.1) is 10.5 Å². The van der Waals surface area contributed by atoms with Gasteiger partial charge in [0, 0.05) is 5.56 Å². The fourth-order valence-electron chi connectivity index (χ4n) is 1.41. The van der Waals surface area contributed by atoms with Gasteiger partial charge in [0.2, 0.25) is 0 Å². The lowest BCUT2D eigenvalue weighted by atomic mass is 10.2. The summed E-state index contributed by atoms with van der Waals surface area (Å²) in [5.41, 5.74) is 1.16. The maximum Gasteiger partial charge on any atom is 0.365 e. The third kappa shape index (κ3) is 2.57. The number of nitrogens with zero attached hydrogens (tertiary/aromatic N) is 1. The van der Waals surface area contributed by atoms with E-state index in [2.05, 4.69) is 15.9 Å². The summed E-state index contributed by atoms with van der Waals surface area (Å²) < 4.78 is 2.75. The Balaban J connectivity index is 2.28. The highest BCUT2D eigenvalue weighted by Gasteiger charge is 2.09. The first-order valence-corrected chi connectivity index (χ1v) is 5.47. The SMILES string of the molecule is Oc1ccc(Br)c[n+]1Cc1ccccc1. The summed E-state index contributed by atoms with van der Waals surface area (Å²) in [7, 11) is 0. The van der Waals surface area contributed by atoms with Crippen LogP contribution in [0.5, 0.6) is 5.88 Å². The topological polar surface area (TPSA) is 24.1 Å². The van der Waals surface area contributed by atoms with E-state index < -0.39 is 0 Å². The van der Waals surface area contributed by atoms with Crippen LogP contribution in [0.4, 0.5) is 0 Å². The minimum atomic E-state index is 0.266. The molecule has 2 aromatic rings. The average molecular weight is 265 g/mol. The van der Waals surface area contributed by atoms with E-state index in [1.165, 1.54) is 0 Å². The molecule has 0 fully saturated rings. The average Bonchev–Trinajstić information content (AvgIpc) is 2.25. The van der Waals surface area contributed by atoms with Crippen LogP contribution in [0.2, 0.25) is 0 Å². The molecule has 0 atom stereocenters. The number of halogens is 1. The highest BCUT2D eigenvalue weighted by atomic mass is 79.9. The summed E-state index contributed by atoms with van der Waals surface area (Å²) >= 11 is 3.38. The summed E-state index contributed by atoms with van der Waals surface area (Å²) in [4.78, 5) is 0. The van der Waals surface area contributed by atoms with Crippen molar-refractivity contribution in [1.29, 1.82) is 0 Å². The predicted octanol–water partition coefficient (Wildman–Crippen LogP) is 2.49. The lowest BCUT2D eigenvalue weighted by Gasteiger charge is -1.99. The largest absolute Gasteiger partial charge is 0.460 e. The van der Waals surface area contributed by atoms with Crippen molar-refractivity contribution in [2.75, 3.05) is 0 Å². The van der Waals surface area contributed by atoms with Gasteiger partial charge in [-0.3, -0.25) is 0 Å². The van der Waals surface area contributed by atoms with Crippen molar-refractivity contribution in [3.63, 3.8) is 0 Å². The fraction of sp³-hybridized carbons (Fsp3) is 0.0833. The molecular formula is C12H11BrNO+. The molecule has 0 aliphatic heterocycles. The lowest BCUT2D eigenvalue weighted by molar-refractivity contribution is -0.694. The Morgan fingerprint density at radius 2 is 1.80 bits per heavy atom. The molecule has 0 amide bonds. The van der Waals surface area contributed by atoms with E-state index in [9.17, 15) is 5.11 Å². The molecule has 2 nitrogen and oxygen atoms in total. The zero-order chi connectivity index (χ0) is 10.7. The smallest absolute Gasteiger partial charge is 0.365 e. The van der Waals surface area contributed by atoms with Gasteiger partial charge in [0.25, 0.3) is 0 Å². The molecule has 2 rings (SSSR count). The van der Waals surface area contributed by atoms with E-state index >= 15 is 0 Å². The van der Waals surface area contributed by atoms with Crippen molar-refractivity contribution >= 4 is 15.9 Å². The summed E-state index contributed by atoms with van der Waals surface area (Å²) in [6, 6.07) is 13.5. The molecule has 76 valence electrons. The van der Waals surface area contributed by atoms with Crippen molar-refractivity contribution in [3.8, 4) is 5.88 Å². The molecule has 0 aliphatic rings. The first kappa shape index (κ1) is 10.2. The first-order valence-electron chi connectivity index (χ1n) is 4.67. The molecular weight excluding hydrogens is 254 g/mol. The molecule has 0 spiro atoms. The third-order valence-corrected chi connectivity index (χ3v) is 2.63. The van der Waals surface area contributed by atoms with Crippen LogP contribution in [0.15, 0.2) is 53.1 Å². The van der Waals surface area contributed by atoms with Gasteiger partial charge in [-0.15, -0.1) is 0 Å². The van der Waals surface area contributed by atoms with Crippen LogP contribution in [0.3, 0.4) is 0 Å². The number of pyridine rings is 1. The van der Waals surface area contributed by atoms with Gasteiger partial charge in [-0.25, -0.2) is 0 Å². The number of hydrogen-bond donors (Lipinski definition) is 1. The second kappa shape index (κ2) is 4.45. The molecule has 0 bridgehead atoms. The minimum Gasteiger partial charge on any atom is -0.460 e. The molecule has 0 unspecified atom stereocenters. The lowest BCUT2D eigenvalue weighted by Crippen LogP contribution is -2.33. The van der Waals surface area contributed by atoms with Gasteiger partial charge < -0.3 is 5.11 Å². The molecule has 1 aromatic heterocycles. The van der Waals surface area contributed by atoms with Gasteiger partial charge in [0.1, 0.15) is 0 Å². The van der Waals surface area contributed by atoms with Crippen molar-refractivity contribution in [2.45, 2.75) is 6.54 Å². The van der Waals surface area contributed by atoms with E-state index in [0.29, 0.717) is 6.54 Å². The van der Waals surface area contributed by atoms with E-state index in [-0.39, 0.29) is 5.88 Å². The Morgan fingerprint density at radius 1 is 1.07 bits per heavy atom. The quantitative estimate of drug-likeness (QED) is 0.829. The molecule has 1 heterocycles. The highest BCUT2D eigenvalue weighted by molar-refractivity contribution is 9.10. The number of rotatable bonds is 2. The van der Waals surface area contributed by atoms with Crippen LogP contribution in [0.1, 0.15) is 5.56 Å². The number of aromatic nitrogens is 1. The summed E-state index contributed by atoms with van der Waals surface area (Å²) in [5, 5.41) is 9.64. The number of benzene rings is 1. The standard InChI is InChI=1S/C12H10BrNO/c13-11-6-7-12(15)14(9-11)8-10-4-2-1-3-5-10/h1-7,9H,8H2/p+1. The Kier molecular flexibility index (Phi) is 3.02. The fourth-order valence-corrected chi connectivity index (χ4v) is 1.79. The summed E-state index contributed by atoms with van der Waals surface area (Å²) in [6.07, 6.45) is 1.86. The maximum absolute atomic E-state index is 9.64. The zero-order valence-corrected chi connectivity index (χ0v) is 9.68. The molecule has 0 saturated carbocycles. The second-order valence-corrected chi connectivity index (χ2v) is 4.23. The highest BCUT2D eigenvalue weighted by Crippen LogP contribution is 2.10. The summed E-state index contributed by atoms with van der Waals surface area (Å²) in [6.45, 7) is 0.673. The summed E-state index contributed by atoms with van der Waals surface area (Å²) in [5.74, 6) is 0.266. The molecule has 1 aromatic carbocycles. The van der Waals surface area contributed by atoms with Crippen LogP contribution in [0, 0.1) is 0 Å². The van der Waals surface area contributed by atoms with E-state index in [1.54, 1.807) is 10.6 Å². The van der Waals surface area contributed by atoms with Crippen molar-refractivity contribution in [2.24, 2.45) is 0 Å². The molecule has 0 aliphatic carbocycles. The van der Waals surface area contributed by atoms with Crippen LogP contribution in [-0.4, -0.2) is 5.11 Å². The van der Waals surface area contributed by atoms with Crippen LogP contribution >= 0.6 is 15.9 Å². The van der Waals surface area contributed by atoms with Crippen LogP contribution in [0.25, 0.3) is 0 Å². The molecule has 15 heavy (non-hydrogen) atoms. The zero-order valence-electron chi connectivity index (χ0n) is 8.10. The van der Waals surface area contributed by atoms with E-state index in [1.807, 2.05) is 42.6 Å². The van der Waals surface area contributed by atoms with Crippen LogP contribution in [-0.2, 0) is 6.54 Å². The molecule has 0 radical (unpaired) electrons. The van der Waals surface area contributed by atoms with Gasteiger partial charge in [-0.2, -0.15) is 4.57 Å². The van der Waals surface area contributed by atoms with E-state index in [0.717, 1.165) is 10.0 Å². The second-order valence-electron chi connectivity index (χ2n) is 3.32. The van der Waals surface area contributed by atoms with E-state index in [4.69, 9.17) is 0 Å². The van der Waals surface area contributed by atoms with Crippen LogP contribution < -0.4 is 4.57 Å². The molecule has 0 saturated heterocycles. The van der Waals surface area contributed by atoms with Crippen molar-refractivity contribution in [1.82, 2.24) is 0 Å². The van der Waals surface area contributed by atoms with Gasteiger partial charge in [-0.05, 0) is 22.0 Å². The third-order valence-electron chi connectivity index (χ3n) is 2.16.